The molecular formula is C18H19N3O5S. The molecule has 8 nitrogen and oxygen atoms in total. The van der Waals surface area contributed by atoms with Crippen LogP contribution in [0.15, 0.2) is 29.6 Å². The predicted octanol–water partition coefficient (Wildman–Crippen LogP) is 2.45. The zero-order valence-electron chi connectivity index (χ0n) is 14.6. The number of benzene rings is 1. The van der Waals surface area contributed by atoms with E-state index in [1.54, 1.807) is 17.5 Å². The molecule has 142 valence electrons. The van der Waals surface area contributed by atoms with E-state index < -0.39 is 17.9 Å². The number of nitrogens with one attached hydrogen (secondary N) is 2. The number of hydrogen-bond acceptors (Lipinski definition) is 6. The van der Waals surface area contributed by atoms with Crippen LogP contribution in [0.2, 0.25) is 0 Å². The Bertz CT molecular complexity index is 843. The van der Waals surface area contributed by atoms with Crippen molar-refractivity contribution in [1.82, 2.24) is 10.3 Å². The number of carboxylic acids is 1. The Morgan fingerprint density at radius 1 is 1.26 bits per heavy atom. The molecule has 27 heavy (non-hydrogen) atoms. The minimum absolute atomic E-state index is 0.0254. The molecule has 0 radical (unpaired) electrons. The van der Waals surface area contributed by atoms with Crippen LogP contribution in [-0.4, -0.2) is 40.5 Å². The van der Waals surface area contributed by atoms with Gasteiger partial charge in [0.05, 0.1) is 0 Å². The Labute approximate surface area is 159 Å². The van der Waals surface area contributed by atoms with Crippen LogP contribution in [0.3, 0.4) is 0 Å². The van der Waals surface area contributed by atoms with E-state index in [1.165, 1.54) is 30.4 Å². The second-order valence-electron chi connectivity index (χ2n) is 6.14. The van der Waals surface area contributed by atoms with Crippen molar-refractivity contribution in [2.75, 3.05) is 11.9 Å². The lowest BCUT2D eigenvalue weighted by Gasteiger charge is -2.10. The largest absolute Gasteiger partial charge is 0.480 e. The molecule has 1 fully saturated rings. The molecule has 3 N–H and O–H groups in total. The highest BCUT2D eigenvalue weighted by molar-refractivity contribution is 7.09. The molecule has 0 bridgehead atoms. The Balaban J connectivity index is 1.60. The number of amides is 2. The summed E-state index contributed by atoms with van der Waals surface area (Å²) in [5.74, 6) is -1.95. The first-order valence-corrected chi connectivity index (χ1v) is 9.34. The van der Waals surface area contributed by atoms with Gasteiger partial charge in [0.15, 0.2) is 0 Å². The van der Waals surface area contributed by atoms with Gasteiger partial charge in [0, 0.05) is 23.2 Å². The Morgan fingerprint density at radius 2 is 2.00 bits per heavy atom. The van der Waals surface area contributed by atoms with Gasteiger partial charge in [-0.3, -0.25) is 14.4 Å². The molecule has 2 unspecified atom stereocenters. The van der Waals surface area contributed by atoms with Gasteiger partial charge in [0.25, 0.3) is 11.8 Å². The second-order valence-corrected chi connectivity index (χ2v) is 7.03. The fraction of sp³-hybridized carbons (Fsp3) is 0.333. The van der Waals surface area contributed by atoms with E-state index in [4.69, 9.17) is 9.84 Å². The van der Waals surface area contributed by atoms with Gasteiger partial charge in [-0.2, -0.15) is 0 Å². The smallest absolute Gasteiger partial charge is 0.325 e. The van der Waals surface area contributed by atoms with Gasteiger partial charge >= 0.3 is 5.97 Å². The number of aromatic nitrogens is 1. The van der Waals surface area contributed by atoms with Gasteiger partial charge in [-0.25, -0.2) is 4.98 Å². The molecule has 1 aromatic carbocycles. The maximum Gasteiger partial charge on any atom is 0.325 e. The van der Waals surface area contributed by atoms with Gasteiger partial charge in [-0.05, 0) is 44.0 Å². The molecule has 0 spiro atoms. The van der Waals surface area contributed by atoms with E-state index in [9.17, 15) is 14.4 Å². The van der Waals surface area contributed by atoms with Crippen molar-refractivity contribution in [3.63, 3.8) is 0 Å². The molecule has 9 heteroatoms. The van der Waals surface area contributed by atoms with E-state index in [-0.39, 0.29) is 12.0 Å². The number of aliphatic carboxylic acids is 1. The van der Waals surface area contributed by atoms with Gasteiger partial charge in [-0.1, -0.05) is 0 Å². The van der Waals surface area contributed by atoms with Gasteiger partial charge in [-0.15, -0.1) is 11.3 Å². The van der Waals surface area contributed by atoms with Crippen molar-refractivity contribution >= 4 is 34.8 Å². The number of hydrogen-bond donors (Lipinski definition) is 3. The van der Waals surface area contributed by atoms with Crippen LogP contribution >= 0.6 is 11.3 Å². The summed E-state index contributed by atoms with van der Waals surface area (Å²) in [4.78, 5) is 39.4. The Morgan fingerprint density at radius 3 is 2.63 bits per heavy atom. The topological polar surface area (TPSA) is 118 Å². The van der Waals surface area contributed by atoms with Crippen molar-refractivity contribution in [2.24, 2.45) is 0 Å². The highest BCUT2D eigenvalue weighted by atomic mass is 32.1. The summed E-state index contributed by atoms with van der Waals surface area (Å²) in [5.41, 5.74) is 1.13. The molecule has 1 aliphatic rings. The SMILES string of the molecule is CC(NC(=O)c1ccc(NC(=O)c2csc(C3CCCO3)n2)cc1)C(=O)O. The first-order chi connectivity index (χ1) is 12.9. The third-order valence-electron chi connectivity index (χ3n) is 4.08. The number of nitrogens with zero attached hydrogens (tertiary/aromatic N) is 1. The quantitative estimate of drug-likeness (QED) is 0.698. The third kappa shape index (κ3) is 4.69. The van der Waals surface area contributed by atoms with Crippen LogP contribution < -0.4 is 10.6 Å². The third-order valence-corrected chi connectivity index (χ3v) is 5.02. The van der Waals surface area contributed by atoms with Gasteiger partial charge in [0.2, 0.25) is 0 Å². The number of carboxylic acid groups (broad SMARTS) is 1. The summed E-state index contributed by atoms with van der Waals surface area (Å²) in [6.07, 6.45) is 1.89. The standard InChI is InChI=1S/C18H19N3O5S/c1-10(18(24)25)19-15(22)11-4-6-12(7-5-11)20-16(23)13-9-27-17(21-13)14-3-2-8-26-14/h4-7,9-10,14H,2-3,8H2,1H3,(H,19,22)(H,20,23)(H,24,25). The fourth-order valence-electron chi connectivity index (χ4n) is 2.55. The van der Waals surface area contributed by atoms with Crippen molar-refractivity contribution < 1.29 is 24.2 Å². The first-order valence-electron chi connectivity index (χ1n) is 8.46. The maximum atomic E-state index is 12.3. The van der Waals surface area contributed by atoms with E-state index in [1.807, 2.05) is 0 Å². The van der Waals surface area contributed by atoms with Crippen LogP contribution in [-0.2, 0) is 9.53 Å². The summed E-state index contributed by atoms with van der Waals surface area (Å²) < 4.78 is 5.57. The minimum atomic E-state index is -1.11. The lowest BCUT2D eigenvalue weighted by atomic mass is 10.2. The van der Waals surface area contributed by atoms with Crippen molar-refractivity contribution in [3.8, 4) is 0 Å². The molecular weight excluding hydrogens is 370 g/mol. The summed E-state index contributed by atoms with van der Waals surface area (Å²) in [6.45, 7) is 2.10. The summed E-state index contributed by atoms with van der Waals surface area (Å²) >= 11 is 1.40. The average Bonchev–Trinajstić information content (AvgIpc) is 3.33. The second kappa shape index (κ2) is 8.28. The predicted molar refractivity (Wildman–Crippen MR) is 99.0 cm³/mol. The molecule has 2 amide bonds. The van der Waals surface area contributed by atoms with E-state index in [0.717, 1.165) is 24.5 Å². The molecule has 1 aliphatic heterocycles. The van der Waals surface area contributed by atoms with Crippen LogP contribution in [0.1, 0.15) is 51.7 Å². The summed E-state index contributed by atoms with van der Waals surface area (Å²) in [6, 6.07) is 5.19. The molecule has 1 aromatic heterocycles. The zero-order valence-corrected chi connectivity index (χ0v) is 15.4. The zero-order chi connectivity index (χ0) is 19.4. The van der Waals surface area contributed by atoms with Crippen LogP contribution in [0, 0.1) is 0 Å². The normalized spacial score (nSPS) is 17.3. The summed E-state index contributed by atoms with van der Waals surface area (Å²) in [7, 11) is 0. The number of ether oxygens (including phenoxy) is 1. The fourth-order valence-corrected chi connectivity index (χ4v) is 3.43. The number of carbonyl (C=O) groups excluding carboxylic acids is 2. The molecule has 1 saturated heterocycles. The Hall–Kier alpha value is -2.78. The van der Waals surface area contributed by atoms with Gasteiger partial charge < -0.3 is 20.5 Å². The van der Waals surface area contributed by atoms with Gasteiger partial charge in [0.1, 0.15) is 22.8 Å². The van der Waals surface area contributed by atoms with E-state index >= 15 is 0 Å². The average molecular weight is 389 g/mol. The van der Waals surface area contributed by atoms with Crippen LogP contribution in [0.25, 0.3) is 0 Å². The number of anilines is 1. The monoisotopic (exact) mass is 389 g/mol. The number of carbonyl (C=O) groups is 3. The number of rotatable bonds is 6. The van der Waals surface area contributed by atoms with E-state index in [0.29, 0.717) is 16.9 Å². The van der Waals surface area contributed by atoms with Crippen molar-refractivity contribution in [1.29, 1.82) is 0 Å². The number of thiazole rings is 1. The van der Waals surface area contributed by atoms with Crippen LogP contribution in [0.4, 0.5) is 5.69 Å². The van der Waals surface area contributed by atoms with Crippen molar-refractivity contribution in [2.45, 2.75) is 31.9 Å². The Kier molecular flexibility index (Phi) is 5.82. The first kappa shape index (κ1) is 19.0. The molecule has 2 atom stereocenters. The molecule has 3 rings (SSSR count). The van der Waals surface area contributed by atoms with Crippen LogP contribution in [0.5, 0.6) is 0 Å². The maximum absolute atomic E-state index is 12.3. The molecule has 0 saturated carbocycles. The highest BCUT2D eigenvalue weighted by Gasteiger charge is 2.22. The summed E-state index contributed by atoms with van der Waals surface area (Å²) in [5, 5.41) is 16.4. The minimum Gasteiger partial charge on any atom is -0.480 e. The molecule has 0 aliphatic carbocycles. The highest BCUT2D eigenvalue weighted by Crippen LogP contribution is 2.30. The lowest BCUT2D eigenvalue weighted by molar-refractivity contribution is -0.138. The van der Waals surface area contributed by atoms with E-state index in [2.05, 4.69) is 15.6 Å². The lowest BCUT2D eigenvalue weighted by Crippen LogP contribution is -2.38. The molecule has 2 heterocycles. The van der Waals surface area contributed by atoms with Crippen molar-refractivity contribution in [3.05, 3.63) is 45.9 Å². The molecule has 2 aromatic rings.